The molecule has 0 radical (unpaired) electrons. The molecule has 0 saturated carbocycles. The lowest BCUT2D eigenvalue weighted by atomic mass is 10.1. The van der Waals surface area contributed by atoms with Gasteiger partial charge in [0.25, 0.3) is 0 Å². The summed E-state index contributed by atoms with van der Waals surface area (Å²) in [5.41, 5.74) is 0.522. The van der Waals surface area contributed by atoms with Crippen LogP contribution in [0.4, 0.5) is 10.1 Å². The van der Waals surface area contributed by atoms with Crippen LogP contribution in [0.3, 0.4) is 0 Å². The third-order valence-corrected chi connectivity index (χ3v) is 4.11. The Kier molecular flexibility index (Phi) is 5.40. The molecular formula is C16H20ClFN2O2. The van der Waals surface area contributed by atoms with Crippen molar-refractivity contribution in [3.63, 3.8) is 0 Å². The van der Waals surface area contributed by atoms with E-state index in [4.69, 9.17) is 11.6 Å². The fourth-order valence-corrected chi connectivity index (χ4v) is 2.83. The highest BCUT2D eigenvalue weighted by Gasteiger charge is 2.35. The molecule has 1 fully saturated rings. The molecule has 2 atom stereocenters. The first-order chi connectivity index (χ1) is 10.4. The number of nitrogens with one attached hydrogen (secondary N) is 1. The van der Waals surface area contributed by atoms with E-state index in [1.54, 1.807) is 0 Å². The average molecular weight is 327 g/mol. The number of hydrogen-bond donors (Lipinski definition) is 1. The van der Waals surface area contributed by atoms with Crippen molar-refractivity contribution in [1.29, 1.82) is 0 Å². The van der Waals surface area contributed by atoms with Crippen molar-refractivity contribution in [1.82, 2.24) is 5.32 Å². The zero-order valence-electron chi connectivity index (χ0n) is 12.7. The second-order valence-corrected chi connectivity index (χ2v) is 6.11. The Morgan fingerprint density at radius 1 is 1.55 bits per heavy atom. The maximum Gasteiger partial charge on any atom is 0.227 e. The number of rotatable bonds is 5. The van der Waals surface area contributed by atoms with Gasteiger partial charge in [0.2, 0.25) is 11.8 Å². The third kappa shape index (κ3) is 3.77. The summed E-state index contributed by atoms with van der Waals surface area (Å²) in [5.74, 6) is -1.16. The van der Waals surface area contributed by atoms with E-state index >= 15 is 0 Å². The van der Waals surface area contributed by atoms with E-state index in [0.29, 0.717) is 12.2 Å². The molecule has 1 aromatic rings. The molecule has 1 aliphatic heterocycles. The zero-order valence-corrected chi connectivity index (χ0v) is 13.5. The topological polar surface area (TPSA) is 49.4 Å². The summed E-state index contributed by atoms with van der Waals surface area (Å²) < 4.78 is 13.2. The van der Waals surface area contributed by atoms with E-state index in [2.05, 4.69) is 12.2 Å². The van der Waals surface area contributed by atoms with Gasteiger partial charge >= 0.3 is 0 Å². The maximum atomic E-state index is 13.2. The molecule has 2 amide bonds. The number of benzene rings is 1. The van der Waals surface area contributed by atoms with Gasteiger partial charge in [-0.25, -0.2) is 4.39 Å². The van der Waals surface area contributed by atoms with Gasteiger partial charge in [-0.2, -0.15) is 0 Å². The average Bonchev–Trinajstić information content (AvgIpc) is 2.84. The predicted octanol–water partition coefficient (Wildman–Crippen LogP) is 3.14. The number of amides is 2. The molecule has 1 N–H and O–H groups in total. The highest BCUT2D eigenvalue weighted by atomic mass is 35.5. The molecule has 6 heteroatoms. The Bertz CT molecular complexity index is 579. The van der Waals surface area contributed by atoms with Gasteiger partial charge in [0.1, 0.15) is 5.82 Å². The monoisotopic (exact) mass is 326 g/mol. The van der Waals surface area contributed by atoms with Gasteiger partial charge in [0.15, 0.2) is 0 Å². The largest absolute Gasteiger partial charge is 0.353 e. The van der Waals surface area contributed by atoms with Crippen LogP contribution in [0.1, 0.15) is 33.1 Å². The molecule has 2 rings (SSSR count). The zero-order chi connectivity index (χ0) is 16.3. The van der Waals surface area contributed by atoms with Crippen molar-refractivity contribution in [2.24, 2.45) is 5.92 Å². The highest BCUT2D eigenvalue weighted by Crippen LogP contribution is 2.28. The van der Waals surface area contributed by atoms with Gasteiger partial charge < -0.3 is 10.2 Å². The second-order valence-electron chi connectivity index (χ2n) is 5.70. The summed E-state index contributed by atoms with van der Waals surface area (Å²) in [6.45, 7) is 4.31. The first kappa shape index (κ1) is 16.7. The minimum absolute atomic E-state index is 0.0326. The van der Waals surface area contributed by atoms with Gasteiger partial charge in [-0.3, -0.25) is 9.59 Å². The quantitative estimate of drug-likeness (QED) is 0.903. The molecule has 0 aliphatic carbocycles. The van der Waals surface area contributed by atoms with Crippen LogP contribution >= 0.6 is 11.6 Å². The van der Waals surface area contributed by atoms with E-state index < -0.39 is 5.82 Å². The first-order valence-corrected chi connectivity index (χ1v) is 7.86. The van der Waals surface area contributed by atoms with E-state index in [1.165, 1.54) is 23.1 Å². The summed E-state index contributed by atoms with van der Waals surface area (Å²) in [5, 5.41) is 2.90. The van der Waals surface area contributed by atoms with E-state index in [9.17, 15) is 14.0 Å². The lowest BCUT2D eigenvalue weighted by molar-refractivity contribution is -0.126. The minimum Gasteiger partial charge on any atom is -0.353 e. The number of nitrogens with zero attached hydrogens (tertiary/aromatic N) is 1. The molecule has 1 aromatic carbocycles. The second kappa shape index (κ2) is 7.09. The van der Waals surface area contributed by atoms with Crippen molar-refractivity contribution in [3.05, 3.63) is 29.0 Å². The molecule has 0 spiro atoms. The third-order valence-electron chi connectivity index (χ3n) is 3.82. The molecule has 2 unspecified atom stereocenters. The van der Waals surface area contributed by atoms with Gasteiger partial charge in [-0.1, -0.05) is 24.9 Å². The van der Waals surface area contributed by atoms with Crippen LogP contribution in [-0.2, 0) is 9.59 Å². The SMILES string of the molecule is CCCC(C)NC(=O)C1CC(=O)N(c2ccc(F)c(Cl)c2)C1. The first-order valence-electron chi connectivity index (χ1n) is 7.48. The summed E-state index contributed by atoms with van der Waals surface area (Å²) in [6, 6.07) is 4.23. The normalized spacial score (nSPS) is 19.4. The Morgan fingerprint density at radius 2 is 2.27 bits per heavy atom. The van der Waals surface area contributed by atoms with Crippen molar-refractivity contribution in [3.8, 4) is 0 Å². The fraction of sp³-hybridized carbons (Fsp3) is 0.500. The van der Waals surface area contributed by atoms with Gasteiger partial charge in [-0.15, -0.1) is 0 Å². The number of carbonyl (C=O) groups excluding carboxylic acids is 2. The number of carbonyl (C=O) groups is 2. The molecule has 1 heterocycles. The van der Waals surface area contributed by atoms with Gasteiger partial charge in [0, 0.05) is 24.7 Å². The lowest BCUT2D eigenvalue weighted by Gasteiger charge is -2.18. The molecule has 0 bridgehead atoms. The highest BCUT2D eigenvalue weighted by molar-refractivity contribution is 6.31. The standard InChI is InChI=1S/C16H20ClFN2O2/c1-3-4-10(2)19-16(22)11-7-15(21)20(9-11)12-5-6-14(18)13(17)8-12/h5-6,8,10-11H,3-4,7,9H2,1-2H3,(H,19,22). The van der Waals surface area contributed by atoms with E-state index in [1.807, 2.05) is 6.92 Å². The van der Waals surface area contributed by atoms with Crippen LogP contribution in [0.5, 0.6) is 0 Å². The van der Waals surface area contributed by atoms with Crippen LogP contribution < -0.4 is 10.2 Å². The minimum atomic E-state index is -0.528. The molecule has 4 nitrogen and oxygen atoms in total. The Hall–Kier alpha value is -1.62. The van der Waals surface area contributed by atoms with Crippen molar-refractivity contribution in [2.75, 3.05) is 11.4 Å². The number of hydrogen-bond acceptors (Lipinski definition) is 2. The Labute approximate surface area is 134 Å². The van der Waals surface area contributed by atoms with Crippen LogP contribution in [-0.4, -0.2) is 24.4 Å². The van der Waals surface area contributed by atoms with Crippen molar-refractivity contribution < 1.29 is 14.0 Å². The summed E-state index contributed by atoms with van der Waals surface area (Å²) >= 11 is 5.75. The lowest BCUT2D eigenvalue weighted by Crippen LogP contribution is -2.38. The van der Waals surface area contributed by atoms with Crippen molar-refractivity contribution >= 4 is 29.1 Å². The van der Waals surface area contributed by atoms with Crippen LogP contribution in [0.25, 0.3) is 0 Å². The smallest absolute Gasteiger partial charge is 0.227 e. The summed E-state index contributed by atoms with van der Waals surface area (Å²) in [7, 11) is 0. The van der Waals surface area contributed by atoms with Gasteiger partial charge in [0.05, 0.1) is 10.9 Å². The van der Waals surface area contributed by atoms with E-state index in [0.717, 1.165) is 12.8 Å². The molecule has 0 aromatic heterocycles. The number of halogens is 2. The molecule has 120 valence electrons. The Morgan fingerprint density at radius 3 is 2.91 bits per heavy atom. The predicted molar refractivity (Wildman–Crippen MR) is 84.4 cm³/mol. The summed E-state index contributed by atoms with van der Waals surface area (Å²) in [6.07, 6.45) is 2.06. The molecule has 1 saturated heterocycles. The van der Waals surface area contributed by atoms with Crippen LogP contribution in [0.2, 0.25) is 5.02 Å². The number of anilines is 1. The van der Waals surface area contributed by atoms with Crippen LogP contribution in [0, 0.1) is 11.7 Å². The molecular weight excluding hydrogens is 307 g/mol. The molecule has 1 aliphatic rings. The van der Waals surface area contributed by atoms with Crippen LogP contribution in [0.15, 0.2) is 18.2 Å². The van der Waals surface area contributed by atoms with Gasteiger partial charge in [-0.05, 0) is 31.5 Å². The molecule has 22 heavy (non-hydrogen) atoms. The van der Waals surface area contributed by atoms with E-state index in [-0.39, 0.29) is 35.2 Å². The maximum absolute atomic E-state index is 13.2. The fourth-order valence-electron chi connectivity index (χ4n) is 2.65. The Balaban J connectivity index is 2.04. The summed E-state index contributed by atoms with van der Waals surface area (Å²) in [4.78, 5) is 25.8. The van der Waals surface area contributed by atoms with Crippen molar-refractivity contribution in [2.45, 2.75) is 39.2 Å².